The van der Waals surface area contributed by atoms with Gasteiger partial charge in [0, 0.05) is 17.1 Å². The van der Waals surface area contributed by atoms with Gasteiger partial charge in [0.05, 0.1) is 0 Å². The van der Waals surface area contributed by atoms with E-state index in [1.807, 2.05) is 0 Å². The van der Waals surface area contributed by atoms with Gasteiger partial charge in [-0.25, -0.2) is 0 Å². The molecule has 1 saturated heterocycles. The van der Waals surface area contributed by atoms with Gasteiger partial charge < -0.3 is 0 Å². The van der Waals surface area contributed by atoms with E-state index in [1.54, 1.807) is 0 Å². The molecule has 14 heavy (non-hydrogen) atoms. The number of halogens is 7. The fourth-order valence-corrected chi connectivity index (χ4v) is 480. The van der Waals surface area contributed by atoms with Gasteiger partial charge in [-0.15, -0.1) is 107 Å². The van der Waals surface area contributed by atoms with E-state index < -0.39 is 19.5 Å². The largest absolute Gasteiger partial charge is 0.225 e. The van der Waals surface area contributed by atoms with Crippen LogP contribution < -0.4 is 0 Å². The van der Waals surface area contributed by atoms with Crippen molar-refractivity contribution < 1.29 is 0 Å². The molecule has 1 heterocycles. The van der Waals surface area contributed by atoms with E-state index in [1.165, 1.54) is 0 Å². The van der Waals surface area contributed by atoms with Gasteiger partial charge in [0.15, 0.2) is 4.35 Å². The SMILES string of the molecule is Br[SiH]1[SiH2][SiH2][SiH2][Si](Br)(Br)[Si](Br)(Br)[Si]1(Br)Br. The summed E-state index contributed by atoms with van der Waals surface area (Å²) in [5.74, 6) is 0. The molecule has 0 bridgehead atoms. The normalized spacial score (nSPS) is 40.1. The quantitative estimate of drug-likeness (QED) is 0.259. The molecule has 14 heteroatoms. The molecule has 0 N–H and O–H groups in total. The minimum atomic E-state index is -1.44. The van der Waals surface area contributed by atoms with Crippen molar-refractivity contribution in [2.24, 2.45) is 0 Å². The molecular formula is H7Br7Si7. The first-order valence-electron chi connectivity index (χ1n) is 3.90. The summed E-state index contributed by atoms with van der Waals surface area (Å²) in [6, 6.07) is 0. The van der Waals surface area contributed by atoms with Gasteiger partial charge in [-0.2, -0.15) is 0 Å². The van der Waals surface area contributed by atoms with Crippen molar-refractivity contribution in [1.82, 2.24) is 0 Å². The molecule has 1 aliphatic heterocycles. The van der Waals surface area contributed by atoms with Gasteiger partial charge in [-0.05, 0) is 8.55 Å². The molecule has 1 aliphatic rings. The molecule has 0 spiro atoms. The maximum Gasteiger partial charge on any atom is 0.225 e. The van der Waals surface area contributed by atoms with Gasteiger partial charge in [-0.3, -0.25) is 0 Å². The Morgan fingerprint density at radius 1 is 0.929 bits per heavy atom. The maximum absolute atomic E-state index is 4.10. The number of hydrogen-bond acceptors (Lipinski definition) is 0. The van der Waals surface area contributed by atoms with Crippen molar-refractivity contribution in [2.75, 3.05) is 0 Å². The van der Waals surface area contributed by atoms with Crippen molar-refractivity contribution in [3.8, 4) is 0 Å². The third kappa shape index (κ3) is 3.31. The Hall–Kier alpha value is 4.88. The third-order valence-corrected chi connectivity index (χ3v) is 295. The van der Waals surface area contributed by atoms with Crippen LogP contribution in [0.1, 0.15) is 0 Å². The lowest BCUT2D eigenvalue weighted by Crippen LogP contribution is -2.67. The highest BCUT2D eigenvalue weighted by atomic mass is 79.9. The Bertz CT molecular complexity index is 222. The van der Waals surface area contributed by atoms with Crippen LogP contribution in [-0.4, -0.2) is 45.2 Å². The number of hydrogen-bond donors (Lipinski definition) is 0. The van der Waals surface area contributed by atoms with Gasteiger partial charge in [-0.1, -0.05) is 0 Å². The minimum Gasteiger partial charge on any atom is -0.137 e. The molecule has 84 valence electrons. The van der Waals surface area contributed by atoms with E-state index in [2.05, 4.69) is 107 Å². The first-order valence-corrected chi connectivity index (χ1v) is 44.0. The lowest BCUT2D eigenvalue weighted by Gasteiger charge is -2.37. The second-order valence-corrected chi connectivity index (χ2v) is 129. The summed E-state index contributed by atoms with van der Waals surface area (Å²) in [6.45, 7) is -0.593. The van der Waals surface area contributed by atoms with E-state index in [4.69, 9.17) is 0 Å². The van der Waals surface area contributed by atoms with Crippen LogP contribution in [0.2, 0.25) is 0 Å². The number of rotatable bonds is 0. The minimum absolute atomic E-state index is 0.217. The Labute approximate surface area is 149 Å². The highest BCUT2D eigenvalue weighted by Crippen LogP contribution is 2.52. The van der Waals surface area contributed by atoms with E-state index in [9.17, 15) is 0 Å². The molecule has 1 unspecified atom stereocenters. The molecule has 0 aromatic heterocycles. The molecule has 1 rings (SSSR count). The topological polar surface area (TPSA) is 0 Å². The summed E-state index contributed by atoms with van der Waals surface area (Å²) in [5.41, 5.74) is 0. The third-order valence-electron chi connectivity index (χ3n) is 2.22. The van der Waals surface area contributed by atoms with Crippen LogP contribution in [0.5, 0.6) is 0 Å². The van der Waals surface area contributed by atoms with Crippen LogP contribution in [0.3, 0.4) is 0 Å². The predicted molar refractivity (Wildman–Crippen MR) is 113 cm³/mol. The Morgan fingerprint density at radius 3 is 1.93 bits per heavy atom. The second-order valence-electron chi connectivity index (χ2n) is 3.26. The van der Waals surface area contributed by atoms with Crippen molar-refractivity contribution in [2.45, 2.75) is 0 Å². The average Bonchev–Trinajstić information content (AvgIpc) is 2.05. The zero-order valence-corrected chi connectivity index (χ0v) is 26.3. The molecule has 0 radical (unpaired) electrons. The van der Waals surface area contributed by atoms with Gasteiger partial charge in [0.2, 0.25) is 8.70 Å². The van der Waals surface area contributed by atoms with Crippen LogP contribution in [0.4, 0.5) is 0 Å². The van der Waals surface area contributed by atoms with Crippen molar-refractivity contribution in [3.63, 3.8) is 0 Å². The highest BCUT2D eigenvalue weighted by Gasteiger charge is 2.66. The first-order chi connectivity index (χ1) is 6.13. The van der Waals surface area contributed by atoms with E-state index in [0.717, 1.165) is 0 Å². The summed E-state index contributed by atoms with van der Waals surface area (Å²) < 4.78 is -4.04. The van der Waals surface area contributed by atoms with Gasteiger partial charge in [0.1, 0.15) is 6.45 Å². The van der Waals surface area contributed by atoms with Gasteiger partial charge in [0.25, 0.3) is 0 Å². The molecule has 1 fully saturated rings. The van der Waals surface area contributed by atoms with E-state index >= 15 is 0 Å². The summed E-state index contributed by atoms with van der Waals surface area (Å²) in [7, 11) is 0.942. The fourth-order valence-electron chi connectivity index (χ4n) is 1.28. The van der Waals surface area contributed by atoms with Crippen molar-refractivity contribution >= 4 is 152 Å². The molecule has 0 amide bonds. The lowest BCUT2D eigenvalue weighted by molar-refractivity contribution is 3.64. The standard InChI is InChI=1S/Br7H7Si7/c1-11-9-8-10-12(2,3)14(6,7)13(11,4)5/h11H,8-10H2. The average molecular weight is 763 g/mol. The molecule has 0 aliphatic carbocycles. The van der Waals surface area contributed by atoms with E-state index in [-0.39, 0.29) is 8.55 Å². The fraction of sp³-hybridized carbons (Fsp3) is 0. The molecule has 1 atom stereocenters. The highest BCUT2D eigenvalue weighted by molar-refractivity contribution is 9.77. The Kier molecular flexibility index (Phi) is 7.39. The second kappa shape index (κ2) is 6.11. The Balaban J connectivity index is 3.13. The Morgan fingerprint density at radius 2 is 1.43 bits per heavy atom. The molecule has 0 aromatic rings. The molecule has 0 saturated carbocycles. The van der Waals surface area contributed by atoms with Crippen molar-refractivity contribution in [3.05, 3.63) is 0 Å². The first kappa shape index (κ1) is 16.9. The van der Waals surface area contributed by atoms with E-state index in [0.29, 0.717) is 17.1 Å². The molecular weight excluding hydrogens is 756 g/mol. The zero-order chi connectivity index (χ0) is 11.2. The molecule has 0 aromatic carbocycles. The van der Waals surface area contributed by atoms with Crippen LogP contribution in [0.25, 0.3) is 0 Å². The van der Waals surface area contributed by atoms with Crippen LogP contribution in [0.15, 0.2) is 0 Å². The molecule has 0 nitrogen and oxygen atoms in total. The summed E-state index contributed by atoms with van der Waals surface area (Å²) in [6.07, 6.45) is 0. The summed E-state index contributed by atoms with van der Waals surface area (Å²) in [4.78, 5) is 0. The lowest BCUT2D eigenvalue weighted by atomic mass is 26.3. The smallest absolute Gasteiger partial charge is 0.137 e. The predicted octanol–water partition coefficient (Wildman–Crippen LogP) is 1.38. The summed E-state index contributed by atoms with van der Waals surface area (Å²) in [5, 5.41) is 0. The summed E-state index contributed by atoms with van der Waals surface area (Å²) >= 11 is 28.6. The maximum atomic E-state index is 4.10. The zero-order valence-electron chi connectivity index (χ0n) is 6.84. The monoisotopic (exact) mass is 755 g/mol. The van der Waals surface area contributed by atoms with Crippen LogP contribution >= 0.6 is 107 Å². The van der Waals surface area contributed by atoms with Crippen LogP contribution in [-0.2, 0) is 0 Å². The van der Waals surface area contributed by atoms with Crippen LogP contribution in [0, 0.1) is 0 Å². The van der Waals surface area contributed by atoms with Gasteiger partial charge >= 0.3 is 0 Å². The van der Waals surface area contributed by atoms with Crippen molar-refractivity contribution in [1.29, 1.82) is 0 Å².